The Balaban J connectivity index is 1.52. The molecule has 1 aromatic carbocycles. The summed E-state index contributed by atoms with van der Waals surface area (Å²) in [7, 11) is 1.56. The molecule has 2 heterocycles. The molecule has 1 saturated heterocycles. The van der Waals surface area contributed by atoms with E-state index in [2.05, 4.69) is 10.4 Å². The highest BCUT2D eigenvalue weighted by atomic mass is 16.5. The minimum absolute atomic E-state index is 0.0944. The first-order chi connectivity index (χ1) is 11.8. The van der Waals surface area contributed by atoms with Gasteiger partial charge in [0.25, 0.3) is 5.91 Å². The number of aromatic nitrogens is 2. The summed E-state index contributed by atoms with van der Waals surface area (Å²) in [6.45, 7) is 1.40. The Morgan fingerprint density at radius 1 is 1.33 bits per heavy atom. The number of nitrogens with one attached hydrogen (secondary N) is 1. The van der Waals surface area contributed by atoms with Gasteiger partial charge in [-0.3, -0.25) is 9.48 Å². The molecule has 1 fully saturated rings. The van der Waals surface area contributed by atoms with Crippen molar-refractivity contribution in [2.75, 3.05) is 32.2 Å². The van der Waals surface area contributed by atoms with E-state index in [1.54, 1.807) is 25.4 Å². The number of ether oxygens (including phenoxy) is 3. The lowest BCUT2D eigenvalue weighted by molar-refractivity contribution is -0.118. The van der Waals surface area contributed by atoms with Crippen molar-refractivity contribution in [1.82, 2.24) is 9.78 Å². The van der Waals surface area contributed by atoms with E-state index in [-0.39, 0.29) is 12.5 Å². The highest BCUT2D eigenvalue weighted by Gasteiger charge is 2.17. The third-order valence-electron chi connectivity index (χ3n) is 3.88. The third-order valence-corrected chi connectivity index (χ3v) is 3.88. The lowest BCUT2D eigenvalue weighted by atomic mass is 10.1. The van der Waals surface area contributed by atoms with Crippen molar-refractivity contribution in [3.8, 4) is 11.5 Å². The molecule has 2 aromatic rings. The van der Waals surface area contributed by atoms with Gasteiger partial charge in [0.15, 0.2) is 18.1 Å². The molecule has 0 saturated carbocycles. The van der Waals surface area contributed by atoms with Gasteiger partial charge in [-0.25, -0.2) is 0 Å². The van der Waals surface area contributed by atoms with Gasteiger partial charge in [-0.2, -0.15) is 5.10 Å². The van der Waals surface area contributed by atoms with Crippen LogP contribution in [0.25, 0.3) is 0 Å². The van der Waals surface area contributed by atoms with Crippen LogP contribution in [0.15, 0.2) is 36.7 Å². The van der Waals surface area contributed by atoms with Gasteiger partial charge in [-0.15, -0.1) is 0 Å². The molecule has 24 heavy (non-hydrogen) atoms. The van der Waals surface area contributed by atoms with Gasteiger partial charge < -0.3 is 19.5 Å². The SMILES string of the molecule is COc1ccccc1OCC(=O)Nc1cnn(C2CCOCC2)c1. The Kier molecular flexibility index (Phi) is 5.32. The zero-order valence-electron chi connectivity index (χ0n) is 13.6. The lowest BCUT2D eigenvalue weighted by Gasteiger charge is -2.22. The molecule has 1 aromatic heterocycles. The monoisotopic (exact) mass is 331 g/mol. The first-order valence-electron chi connectivity index (χ1n) is 7.94. The Morgan fingerprint density at radius 2 is 2.08 bits per heavy atom. The topological polar surface area (TPSA) is 74.6 Å². The molecule has 0 radical (unpaired) electrons. The number of methoxy groups -OCH3 is 1. The fourth-order valence-corrected chi connectivity index (χ4v) is 2.63. The van der Waals surface area contributed by atoms with Crippen LogP contribution in [0, 0.1) is 0 Å². The summed E-state index contributed by atoms with van der Waals surface area (Å²) in [6.07, 6.45) is 5.37. The van der Waals surface area contributed by atoms with Crippen LogP contribution >= 0.6 is 0 Å². The van der Waals surface area contributed by atoms with E-state index in [0.29, 0.717) is 23.2 Å². The van der Waals surface area contributed by atoms with Crippen LogP contribution in [0.3, 0.4) is 0 Å². The zero-order chi connectivity index (χ0) is 16.8. The summed E-state index contributed by atoms with van der Waals surface area (Å²) in [5.74, 6) is 0.887. The van der Waals surface area contributed by atoms with E-state index >= 15 is 0 Å². The van der Waals surface area contributed by atoms with E-state index in [1.807, 2.05) is 23.0 Å². The molecule has 3 rings (SSSR count). The van der Waals surface area contributed by atoms with E-state index in [9.17, 15) is 4.79 Å². The van der Waals surface area contributed by atoms with Crippen molar-refractivity contribution < 1.29 is 19.0 Å². The van der Waals surface area contributed by atoms with Gasteiger partial charge in [-0.05, 0) is 25.0 Å². The van der Waals surface area contributed by atoms with Crippen molar-refractivity contribution >= 4 is 11.6 Å². The van der Waals surface area contributed by atoms with Crippen molar-refractivity contribution in [3.05, 3.63) is 36.7 Å². The maximum Gasteiger partial charge on any atom is 0.262 e. The lowest BCUT2D eigenvalue weighted by Crippen LogP contribution is -2.21. The van der Waals surface area contributed by atoms with Crippen LogP contribution in [0.1, 0.15) is 18.9 Å². The highest BCUT2D eigenvalue weighted by Crippen LogP contribution is 2.25. The van der Waals surface area contributed by atoms with Crippen molar-refractivity contribution in [2.24, 2.45) is 0 Å². The largest absolute Gasteiger partial charge is 0.493 e. The van der Waals surface area contributed by atoms with Gasteiger partial charge in [0.2, 0.25) is 0 Å². The normalized spacial score (nSPS) is 15.0. The molecule has 1 N–H and O–H groups in total. The highest BCUT2D eigenvalue weighted by molar-refractivity contribution is 5.91. The molecular weight excluding hydrogens is 310 g/mol. The van der Waals surface area contributed by atoms with Crippen LogP contribution in [0.5, 0.6) is 11.5 Å². The van der Waals surface area contributed by atoms with Crippen molar-refractivity contribution in [2.45, 2.75) is 18.9 Å². The molecule has 7 nitrogen and oxygen atoms in total. The molecular formula is C17H21N3O4. The molecule has 0 unspecified atom stereocenters. The predicted molar refractivity (Wildman–Crippen MR) is 88.4 cm³/mol. The number of hydrogen-bond acceptors (Lipinski definition) is 5. The van der Waals surface area contributed by atoms with Crippen LogP contribution in [-0.4, -0.2) is 42.6 Å². The Bertz CT molecular complexity index is 680. The average molecular weight is 331 g/mol. The molecule has 0 spiro atoms. The summed E-state index contributed by atoms with van der Waals surface area (Å²) in [5.41, 5.74) is 0.662. The van der Waals surface area contributed by atoms with Crippen LogP contribution in [0.2, 0.25) is 0 Å². The third kappa shape index (κ3) is 4.05. The number of nitrogens with zero attached hydrogens (tertiary/aromatic N) is 2. The standard InChI is InChI=1S/C17H21N3O4/c1-22-15-4-2-3-5-16(15)24-12-17(21)19-13-10-18-20(11-13)14-6-8-23-9-7-14/h2-5,10-11,14H,6-9,12H2,1H3,(H,19,21). The fraction of sp³-hybridized carbons (Fsp3) is 0.412. The van der Waals surface area contributed by atoms with Gasteiger partial charge in [0.05, 0.1) is 25.0 Å². The molecule has 1 amide bonds. The Labute approximate surface area is 140 Å². The minimum Gasteiger partial charge on any atom is -0.493 e. The van der Waals surface area contributed by atoms with Crippen LogP contribution < -0.4 is 14.8 Å². The number of benzene rings is 1. The number of para-hydroxylation sites is 2. The summed E-state index contributed by atoms with van der Waals surface area (Å²) in [6, 6.07) is 7.54. The molecule has 7 heteroatoms. The summed E-state index contributed by atoms with van der Waals surface area (Å²) in [5, 5.41) is 7.11. The second kappa shape index (κ2) is 7.83. The van der Waals surface area contributed by atoms with Gasteiger partial charge >= 0.3 is 0 Å². The van der Waals surface area contributed by atoms with Crippen LogP contribution in [0.4, 0.5) is 5.69 Å². The van der Waals surface area contributed by atoms with Crippen molar-refractivity contribution in [3.63, 3.8) is 0 Å². The second-order valence-corrected chi connectivity index (χ2v) is 5.54. The Hall–Kier alpha value is -2.54. The van der Waals surface area contributed by atoms with E-state index in [0.717, 1.165) is 26.1 Å². The molecule has 1 aliphatic rings. The fourth-order valence-electron chi connectivity index (χ4n) is 2.63. The number of amides is 1. The maximum absolute atomic E-state index is 12.0. The Morgan fingerprint density at radius 3 is 2.83 bits per heavy atom. The second-order valence-electron chi connectivity index (χ2n) is 5.54. The molecule has 128 valence electrons. The summed E-state index contributed by atoms with van der Waals surface area (Å²) < 4.78 is 17.9. The zero-order valence-corrected chi connectivity index (χ0v) is 13.6. The molecule has 0 atom stereocenters. The minimum atomic E-state index is -0.243. The van der Waals surface area contributed by atoms with E-state index < -0.39 is 0 Å². The quantitative estimate of drug-likeness (QED) is 0.879. The number of anilines is 1. The molecule has 0 aliphatic carbocycles. The average Bonchev–Trinajstić information content (AvgIpc) is 3.09. The number of hydrogen-bond donors (Lipinski definition) is 1. The van der Waals surface area contributed by atoms with E-state index in [4.69, 9.17) is 14.2 Å². The number of rotatable bonds is 6. The summed E-state index contributed by atoms with van der Waals surface area (Å²) in [4.78, 5) is 12.0. The van der Waals surface area contributed by atoms with Gasteiger partial charge in [-0.1, -0.05) is 12.1 Å². The predicted octanol–water partition coefficient (Wildman–Crippen LogP) is 2.26. The smallest absolute Gasteiger partial charge is 0.262 e. The van der Waals surface area contributed by atoms with Gasteiger partial charge in [0.1, 0.15) is 0 Å². The number of carbonyl (C=O) groups is 1. The van der Waals surface area contributed by atoms with Gasteiger partial charge in [0, 0.05) is 19.4 Å². The molecule has 0 bridgehead atoms. The van der Waals surface area contributed by atoms with E-state index in [1.165, 1.54) is 0 Å². The van der Waals surface area contributed by atoms with Crippen LogP contribution in [-0.2, 0) is 9.53 Å². The maximum atomic E-state index is 12.0. The first kappa shape index (κ1) is 16.3. The number of carbonyl (C=O) groups excluding carboxylic acids is 1. The first-order valence-corrected chi connectivity index (χ1v) is 7.94. The van der Waals surface area contributed by atoms with Crippen molar-refractivity contribution in [1.29, 1.82) is 0 Å². The molecule has 1 aliphatic heterocycles. The summed E-state index contributed by atoms with van der Waals surface area (Å²) >= 11 is 0.